The van der Waals surface area contributed by atoms with E-state index in [0.29, 0.717) is 0 Å². The maximum atomic E-state index is 8.83. The Labute approximate surface area is 57.5 Å². The first-order chi connectivity index (χ1) is 4.29. The number of hydrogen-bond acceptors (Lipinski definition) is 3. The fourth-order valence-corrected chi connectivity index (χ4v) is 1.06. The van der Waals surface area contributed by atoms with Gasteiger partial charge in [-0.25, -0.2) is 4.98 Å². The molecule has 3 nitrogen and oxygen atoms in total. The quantitative estimate of drug-likeness (QED) is 0.477. The van der Waals surface area contributed by atoms with E-state index >= 15 is 0 Å². The van der Waals surface area contributed by atoms with Crippen LogP contribution < -0.4 is 0 Å². The fourth-order valence-electron chi connectivity index (χ4n) is 0.477. The van der Waals surface area contributed by atoms with E-state index in [1.54, 1.807) is 19.3 Å². The van der Waals surface area contributed by atoms with Gasteiger partial charge in [0.1, 0.15) is 5.44 Å². The van der Waals surface area contributed by atoms with E-state index in [-0.39, 0.29) is 0 Å². The molecule has 0 aliphatic heterocycles. The van der Waals surface area contributed by atoms with Crippen molar-refractivity contribution >= 4 is 11.8 Å². The predicted octanol–water partition coefficient (Wildman–Crippen LogP) is 0.840. The van der Waals surface area contributed by atoms with Crippen LogP contribution in [0, 0.1) is 0 Å². The molecule has 0 amide bonds. The minimum Gasteiger partial charge on any atom is -0.382 e. The highest BCUT2D eigenvalue weighted by Gasteiger charge is 1.98. The zero-order valence-corrected chi connectivity index (χ0v) is 5.85. The second-order valence-corrected chi connectivity index (χ2v) is 2.92. The number of imidazole rings is 1. The Morgan fingerprint density at radius 3 is 3.11 bits per heavy atom. The largest absolute Gasteiger partial charge is 0.382 e. The van der Waals surface area contributed by atoms with Gasteiger partial charge in [0.15, 0.2) is 5.16 Å². The van der Waals surface area contributed by atoms with Crippen LogP contribution in [-0.2, 0) is 0 Å². The molecule has 0 aliphatic rings. The molecule has 0 spiro atoms. The Morgan fingerprint density at radius 1 is 1.89 bits per heavy atom. The third-order valence-electron chi connectivity index (χ3n) is 0.755. The van der Waals surface area contributed by atoms with Crippen LogP contribution in [0.25, 0.3) is 0 Å². The molecule has 2 N–H and O–H groups in total. The lowest BCUT2D eigenvalue weighted by atomic mass is 10.9. The summed E-state index contributed by atoms with van der Waals surface area (Å²) in [7, 11) is 0. The monoisotopic (exact) mass is 144 g/mol. The van der Waals surface area contributed by atoms with Gasteiger partial charge in [0.25, 0.3) is 0 Å². The Hall–Kier alpha value is -0.480. The number of rotatable bonds is 2. The SMILES string of the molecule is CC(O)Sc1ncc[nH]1. The molecule has 0 fully saturated rings. The lowest BCUT2D eigenvalue weighted by molar-refractivity contribution is 0.283. The van der Waals surface area contributed by atoms with E-state index in [1.165, 1.54) is 11.8 Å². The van der Waals surface area contributed by atoms with Crippen molar-refractivity contribution in [1.82, 2.24) is 9.97 Å². The molecule has 4 heteroatoms. The number of aromatic nitrogens is 2. The van der Waals surface area contributed by atoms with Crippen molar-refractivity contribution in [3.63, 3.8) is 0 Å². The second kappa shape index (κ2) is 2.89. The predicted molar refractivity (Wildman–Crippen MR) is 36.1 cm³/mol. The Balaban J connectivity index is 2.48. The molecular formula is C5H8N2OS. The first-order valence-electron chi connectivity index (χ1n) is 2.63. The molecule has 9 heavy (non-hydrogen) atoms. The van der Waals surface area contributed by atoms with Gasteiger partial charge >= 0.3 is 0 Å². The van der Waals surface area contributed by atoms with E-state index in [1.807, 2.05) is 0 Å². The fraction of sp³-hybridized carbons (Fsp3) is 0.400. The van der Waals surface area contributed by atoms with E-state index in [4.69, 9.17) is 5.11 Å². The van der Waals surface area contributed by atoms with Crippen LogP contribution in [0.1, 0.15) is 6.92 Å². The molecule has 0 radical (unpaired) electrons. The lowest BCUT2D eigenvalue weighted by Gasteiger charge is -1.97. The molecule has 50 valence electrons. The van der Waals surface area contributed by atoms with Gasteiger partial charge in [0.05, 0.1) is 0 Å². The highest BCUT2D eigenvalue weighted by molar-refractivity contribution is 7.99. The summed E-state index contributed by atoms with van der Waals surface area (Å²) in [5.41, 5.74) is -0.392. The molecule has 0 saturated heterocycles. The average Bonchev–Trinajstić information content (AvgIpc) is 2.15. The Bertz CT molecular complexity index is 161. The second-order valence-electron chi connectivity index (χ2n) is 1.61. The molecule has 0 aromatic carbocycles. The molecule has 1 aromatic heterocycles. The first kappa shape index (κ1) is 6.64. The molecule has 1 heterocycles. The number of nitrogens with zero attached hydrogens (tertiary/aromatic N) is 1. The first-order valence-corrected chi connectivity index (χ1v) is 3.51. The molecular weight excluding hydrogens is 136 g/mol. The third kappa shape index (κ3) is 2.07. The van der Waals surface area contributed by atoms with E-state index in [2.05, 4.69) is 9.97 Å². The number of aliphatic hydroxyl groups excluding tert-OH is 1. The van der Waals surface area contributed by atoms with Gasteiger partial charge < -0.3 is 10.1 Å². The van der Waals surface area contributed by atoms with Crippen LogP contribution >= 0.6 is 11.8 Å². The summed E-state index contributed by atoms with van der Waals surface area (Å²) in [4.78, 5) is 6.76. The topological polar surface area (TPSA) is 48.9 Å². The average molecular weight is 144 g/mol. The van der Waals surface area contributed by atoms with Gasteiger partial charge in [-0.1, -0.05) is 11.8 Å². The van der Waals surface area contributed by atoms with Crippen molar-refractivity contribution in [1.29, 1.82) is 0 Å². The molecule has 0 aliphatic carbocycles. The van der Waals surface area contributed by atoms with Crippen molar-refractivity contribution in [2.45, 2.75) is 17.5 Å². The van der Waals surface area contributed by atoms with Crippen molar-refractivity contribution in [3.05, 3.63) is 12.4 Å². The highest BCUT2D eigenvalue weighted by atomic mass is 32.2. The molecule has 1 atom stereocenters. The summed E-state index contributed by atoms with van der Waals surface area (Å²) in [5.74, 6) is 0. The summed E-state index contributed by atoms with van der Waals surface area (Å²) in [6.45, 7) is 1.70. The molecule has 0 bridgehead atoms. The van der Waals surface area contributed by atoms with Crippen LogP contribution in [0.2, 0.25) is 0 Å². The smallest absolute Gasteiger partial charge is 0.167 e. The minimum atomic E-state index is -0.392. The molecule has 1 aromatic rings. The van der Waals surface area contributed by atoms with Crippen molar-refractivity contribution in [2.24, 2.45) is 0 Å². The summed E-state index contributed by atoms with van der Waals surface area (Å²) in [6.07, 6.45) is 3.38. The van der Waals surface area contributed by atoms with E-state index in [9.17, 15) is 0 Å². The van der Waals surface area contributed by atoms with Crippen LogP contribution in [0.4, 0.5) is 0 Å². The lowest BCUT2D eigenvalue weighted by Crippen LogP contribution is -1.91. The summed E-state index contributed by atoms with van der Waals surface area (Å²) in [6, 6.07) is 0. The van der Waals surface area contributed by atoms with Crippen LogP contribution in [-0.4, -0.2) is 20.5 Å². The van der Waals surface area contributed by atoms with Crippen LogP contribution in [0.3, 0.4) is 0 Å². The number of aromatic amines is 1. The van der Waals surface area contributed by atoms with Crippen molar-refractivity contribution in [2.75, 3.05) is 0 Å². The van der Waals surface area contributed by atoms with Crippen molar-refractivity contribution < 1.29 is 5.11 Å². The zero-order chi connectivity index (χ0) is 6.69. The summed E-state index contributed by atoms with van der Waals surface area (Å²) < 4.78 is 0. The molecule has 1 rings (SSSR count). The number of nitrogens with one attached hydrogen (secondary N) is 1. The number of aliphatic hydroxyl groups is 1. The van der Waals surface area contributed by atoms with Crippen molar-refractivity contribution in [3.8, 4) is 0 Å². The minimum absolute atomic E-state index is 0.392. The van der Waals surface area contributed by atoms with Gasteiger partial charge in [-0.2, -0.15) is 0 Å². The normalized spacial score (nSPS) is 13.6. The number of thioether (sulfide) groups is 1. The van der Waals surface area contributed by atoms with Gasteiger partial charge in [-0.3, -0.25) is 0 Å². The zero-order valence-electron chi connectivity index (χ0n) is 5.03. The summed E-state index contributed by atoms with van der Waals surface area (Å²) >= 11 is 1.29. The van der Waals surface area contributed by atoms with Gasteiger partial charge in [0.2, 0.25) is 0 Å². The van der Waals surface area contributed by atoms with Crippen LogP contribution in [0.5, 0.6) is 0 Å². The van der Waals surface area contributed by atoms with Gasteiger partial charge in [-0.15, -0.1) is 0 Å². The van der Waals surface area contributed by atoms with Gasteiger partial charge in [0, 0.05) is 12.4 Å². The van der Waals surface area contributed by atoms with Crippen LogP contribution in [0.15, 0.2) is 17.6 Å². The Morgan fingerprint density at radius 2 is 2.67 bits per heavy atom. The van der Waals surface area contributed by atoms with E-state index < -0.39 is 5.44 Å². The number of hydrogen-bond donors (Lipinski definition) is 2. The standard InChI is InChI=1S/C5H8N2OS/c1-4(8)9-5-6-2-3-7-5/h2-4,8H,1H3,(H,6,7). The maximum Gasteiger partial charge on any atom is 0.167 e. The third-order valence-corrected chi connectivity index (χ3v) is 1.54. The summed E-state index contributed by atoms with van der Waals surface area (Å²) in [5, 5.41) is 9.58. The number of H-pyrrole nitrogens is 1. The maximum absolute atomic E-state index is 8.83. The Kier molecular flexibility index (Phi) is 2.13. The van der Waals surface area contributed by atoms with E-state index in [0.717, 1.165) is 5.16 Å². The highest BCUT2D eigenvalue weighted by Crippen LogP contribution is 2.15. The van der Waals surface area contributed by atoms with Gasteiger partial charge in [-0.05, 0) is 6.92 Å². The molecule has 1 unspecified atom stereocenters. The molecule has 0 saturated carbocycles.